The van der Waals surface area contributed by atoms with Crippen LogP contribution in [0, 0.1) is 0 Å². The van der Waals surface area contributed by atoms with Crippen LogP contribution in [0.5, 0.6) is 5.88 Å². The maximum absolute atomic E-state index is 5.81. The van der Waals surface area contributed by atoms with E-state index in [0.717, 1.165) is 21.4 Å². The molecular weight excluding hydrogens is 308 g/mol. The highest BCUT2D eigenvalue weighted by Crippen LogP contribution is 2.29. The van der Waals surface area contributed by atoms with Gasteiger partial charge in [0.15, 0.2) is 5.65 Å². The van der Waals surface area contributed by atoms with Gasteiger partial charge in [-0.05, 0) is 24.3 Å². The standard InChI is InChI=1S/C13H11BrN4O/c1-19-11-5-4-10-13(17-11)18-12(16-10)8-6-7(15)2-3-9(8)14/h2-6H,15H2,1H3,(H,16,17,18). The zero-order valence-corrected chi connectivity index (χ0v) is 11.7. The molecule has 0 saturated heterocycles. The zero-order chi connectivity index (χ0) is 13.4. The van der Waals surface area contributed by atoms with Gasteiger partial charge >= 0.3 is 0 Å². The van der Waals surface area contributed by atoms with Crippen molar-refractivity contribution in [3.63, 3.8) is 0 Å². The van der Waals surface area contributed by atoms with Gasteiger partial charge in [0.1, 0.15) is 5.82 Å². The minimum absolute atomic E-state index is 0.539. The Hall–Kier alpha value is -2.08. The molecule has 2 heterocycles. The van der Waals surface area contributed by atoms with Crippen LogP contribution in [0.1, 0.15) is 0 Å². The Morgan fingerprint density at radius 2 is 2.05 bits per heavy atom. The third-order valence-electron chi connectivity index (χ3n) is 2.78. The Morgan fingerprint density at radius 3 is 2.84 bits per heavy atom. The number of anilines is 1. The summed E-state index contributed by atoms with van der Waals surface area (Å²) in [5.74, 6) is 1.26. The summed E-state index contributed by atoms with van der Waals surface area (Å²) in [6, 6.07) is 9.26. The number of nitrogens with two attached hydrogens (primary N) is 1. The second-order valence-corrected chi connectivity index (χ2v) is 4.90. The van der Waals surface area contributed by atoms with E-state index in [1.807, 2.05) is 24.3 Å². The molecule has 0 radical (unpaired) electrons. The van der Waals surface area contributed by atoms with Crippen LogP contribution in [-0.2, 0) is 0 Å². The number of hydrogen-bond donors (Lipinski definition) is 2. The van der Waals surface area contributed by atoms with Gasteiger partial charge in [-0.25, -0.2) is 4.98 Å². The molecule has 3 aromatic rings. The number of methoxy groups -OCH3 is 1. The number of hydrogen-bond acceptors (Lipinski definition) is 4. The van der Waals surface area contributed by atoms with Gasteiger partial charge in [-0.2, -0.15) is 4.98 Å². The van der Waals surface area contributed by atoms with Crippen molar-refractivity contribution in [2.75, 3.05) is 12.8 Å². The molecule has 0 fully saturated rings. The lowest BCUT2D eigenvalue weighted by Gasteiger charge is -2.01. The van der Waals surface area contributed by atoms with Crippen LogP contribution in [0.2, 0.25) is 0 Å². The number of H-pyrrole nitrogens is 1. The number of benzene rings is 1. The summed E-state index contributed by atoms with van der Waals surface area (Å²) in [4.78, 5) is 12.0. The highest BCUT2D eigenvalue weighted by atomic mass is 79.9. The summed E-state index contributed by atoms with van der Waals surface area (Å²) >= 11 is 3.49. The van der Waals surface area contributed by atoms with Crippen LogP contribution < -0.4 is 10.5 Å². The van der Waals surface area contributed by atoms with E-state index in [-0.39, 0.29) is 0 Å². The zero-order valence-electron chi connectivity index (χ0n) is 10.1. The van der Waals surface area contributed by atoms with Crippen molar-refractivity contribution in [2.45, 2.75) is 0 Å². The first-order chi connectivity index (χ1) is 9.17. The fourth-order valence-electron chi connectivity index (χ4n) is 1.84. The lowest BCUT2D eigenvalue weighted by Crippen LogP contribution is -1.88. The third kappa shape index (κ3) is 2.15. The maximum atomic E-state index is 5.81. The van der Waals surface area contributed by atoms with E-state index < -0.39 is 0 Å². The second kappa shape index (κ2) is 4.55. The molecule has 3 rings (SSSR count). The van der Waals surface area contributed by atoms with E-state index in [1.54, 1.807) is 13.2 Å². The van der Waals surface area contributed by atoms with Crippen molar-refractivity contribution in [2.24, 2.45) is 0 Å². The molecular formula is C13H11BrN4O. The van der Waals surface area contributed by atoms with E-state index in [4.69, 9.17) is 10.5 Å². The van der Waals surface area contributed by atoms with E-state index in [1.165, 1.54) is 0 Å². The second-order valence-electron chi connectivity index (χ2n) is 4.05. The summed E-state index contributed by atoms with van der Waals surface area (Å²) in [6.07, 6.45) is 0. The lowest BCUT2D eigenvalue weighted by molar-refractivity contribution is 0.399. The Morgan fingerprint density at radius 1 is 1.21 bits per heavy atom. The SMILES string of the molecule is COc1ccc2[nH]c(-c3cc(N)ccc3Br)nc2n1. The number of nitrogens with zero attached hydrogens (tertiary/aromatic N) is 2. The van der Waals surface area contributed by atoms with Gasteiger partial charge in [0.2, 0.25) is 5.88 Å². The quantitative estimate of drug-likeness (QED) is 0.712. The van der Waals surface area contributed by atoms with Gasteiger partial charge in [0.25, 0.3) is 0 Å². The third-order valence-corrected chi connectivity index (χ3v) is 3.47. The highest BCUT2D eigenvalue weighted by molar-refractivity contribution is 9.10. The minimum atomic E-state index is 0.539. The summed E-state index contributed by atoms with van der Waals surface area (Å²) < 4.78 is 6.01. The molecule has 6 heteroatoms. The molecule has 0 aliphatic carbocycles. The van der Waals surface area contributed by atoms with Crippen molar-refractivity contribution >= 4 is 32.8 Å². The van der Waals surface area contributed by atoms with Crippen molar-refractivity contribution in [1.29, 1.82) is 0 Å². The van der Waals surface area contributed by atoms with Gasteiger partial charge in [0, 0.05) is 21.8 Å². The van der Waals surface area contributed by atoms with Gasteiger partial charge in [-0.3, -0.25) is 0 Å². The molecule has 0 bridgehead atoms. The molecule has 0 aliphatic heterocycles. The highest BCUT2D eigenvalue weighted by Gasteiger charge is 2.10. The number of nitrogen functional groups attached to an aromatic ring is 1. The average molecular weight is 319 g/mol. The van der Waals surface area contributed by atoms with Gasteiger partial charge in [-0.15, -0.1) is 0 Å². The Kier molecular flexibility index (Phi) is 2.87. The minimum Gasteiger partial charge on any atom is -0.481 e. The molecule has 0 amide bonds. The molecule has 5 nitrogen and oxygen atoms in total. The molecule has 2 aromatic heterocycles. The van der Waals surface area contributed by atoms with E-state index >= 15 is 0 Å². The number of ether oxygens (including phenoxy) is 1. The largest absolute Gasteiger partial charge is 0.481 e. The van der Waals surface area contributed by atoms with Gasteiger partial charge in [0.05, 0.1) is 12.6 Å². The van der Waals surface area contributed by atoms with Crippen molar-refractivity contribution in [1.82, 2.24) is 15.0 Å². The van der Waals surface area contributed by atoms with Crippen LogP contribution in [0.3, 0.4) is 0 Å². The Balaban J connectivity index is 2.17. The number of imidazole rings is 1. The number of aromatic amines is 1. The average Bonchev–Trinajstić information content (AvgIpc) is 2.83. The van der Waals surface area contributed by atoms with Crippen molar-refractivity contribution in [3.05, 3.63) is 34.8 Å². The van der Waals surface area contributed by atoms with Crippen molar-refractivity contribution in [3.8, 4) is 17.3 Å². The Bertz CT molecular complexity index is 753. The number of nitrogens with one attached hydrogen (secondary N) is 1. The number of fused-ring (bicyclic) bond motifs is 1. The molecule has 19 heavy (non-hydrogen) atoms. The topological polar surface area (TPSA) is 76.8 Å². The molecule has 1 aromatic carbocycles. The normalized spacial score (nSPS) is 10.8. The van der Waals surface area contributed by atoms with E-state index in [2.05, 4.69) is 30.9 Å². The molecule has 96 valence electrons. The van der Waals surface area contributed by atoms with E-state index in [9.17, 15) is 0 Å². The number of aromatic nitrogens is 3. The predicted octanol–water partition coefficient (Wildman–Crippen LogP) is 2.98. The van der Waals surface area contributed by atoms with Crippen LogP contribution in [-0.4, -0.2) is 22.1 Å². The maximum Gasteiger partial charge on any atom is 0.215 e. The first kappa shape index (κ1) is 12.0. The molecule has 0 atom stereocenters. The molecule has 0 aliphatic rings. The molecule has 3 N–H and O–H groups in total. The fourth-order valence-corrected chi connectivity index (χ4v) is 2.28. The van der Waals surface area contributed by atoms with Crippen LogP contribution in [0.15, 0.2) is 34.8 Å². The first-order valence-electron chi connectivity index (χ1n) is 5.63. The first-order valence-corrected chi connectivity index (χ1v) is 6.43. The van der Waals surface area contributed by atoms with Crippen LogP contribution >= 0.6 is 15.9 Å². The summed E-state index contributed by atoms with van der Waals surface area (Å²) in [6.45, 7) is 0. The monoisotopic (exact) mass is 318 g/mol. The summed E-state index contributed by atoms with van der Waals surface area (Å²) in [5.41, 5.74) is 8.86. The smallest absolute Gasteiger partial charge is 0.215 e. The molecule has 0 unspecified atom stereocenters. The number of halogens is 1. The Labute approximate surface area is 118 Å². The number of rotatable bonds is 2. The number of pyridine rings is 1. The molecule has 0 saturated carbocycles. The molecule has 0 spiro atoms. The predicted molar refractivity (Wildman–Crippen MR) is 78.0 cm³/mol. The fraction of sp³-hybridized carbons (Fsp3) is 0.0769. The van der Waals surface area contributed by atoms with E-state index in [0.29, 0.717) is 17.2 Å². The van der Waals surface area contributed by atoms with Crippen molar-refractivity contribution < 1.29 is 4.74 Å². The van der Waals surface area contributed by atoms with Crippen LogP contribution in [0.25, 0.3) is 22.6 Å². The van der Waals surface area contributed by atoms with Crippen LogP contribution in [0.4, 0.5) is 5.69 Å². The van der Waals surface area contributed by atoms with Gasteiger partial charge < -0.3 is 15.5 Å². The van der Waals surface area contributed by atoms with Gasteiger partial charge in [-0.1, -0.05) is 15.9 Å². The lowest BCUT2D eigenvalue weighted by atomic mass is 10.2. The summed E-state index contributed by atoms with van der Waals surface area (Å²) in [7, 11) is 1.58. The summed E-state index contributed by atoms with van der Waals surface area (Å²) in [5, 5.41) is 0.